The number of benzene rings is 2. The van der Waals surface area contributed by atoms with Crippen LogP contribution in [0.5, 0.6) is 0 Å². The first-order chi connectivity index (χ1) is 13.8. The van der Waals surface area contributed by atoms with Gasteiger partial charge in [0.2, 0.25) is 15.9 Å². The molecule has 0 bridgehead atoms. The first kappa shape index (κ1) is 18.8. The topological polar surface area (TPSA) is 57.7 Å². The Kier molecular flexibility index (Phi) is 4.16. The highest BCUT2D eigenvalue weighted by Crippen LogP contribution is 2.44. The van der Waals surface area contributed by atoms with Crippen molar-refractivity contribution < 1.29 is 13.2 Å². The molecule has 1 amide bonds. The first-order valence-corrected chi connectivity index (χ1v) is 11.7. The molecule has 0 aromatic heterocycles. The summed E-state index contributed by atoms with van der Waals surface area (Å²) in [5, 5.41) is 0. The predicted molar refractivity (Wildman–Crippen MR) is 112 cm³/mol. The highest BCUT2D eigenvalue weighted by molar-refractivity contribution is 7.89. The summed E-state index contributed by atoms with van der Waals surface area (Å²) in [4.78, 5) is 14.9. The standard InChI is InChI=1S/C23H26N2O3S/c1-23(2)15-25(22(26)17-7-8-17)21-10-9-19(13-20(21)23)29(27,28)24-12-11-16-5-3-4-6-18(16)14-24/h3-6,9-10,13,17H,7-8,11-12,14-15H2,1-2H3. The van der Waals surface area contributed by atoms with Gasteiger partial charge in [0.15, 0.2) is 0 Å². The third-order valence-electron chi connectivity index (χ3n) is 6.47. The molecule has 6 heteroatoms. The molecule has 0 saturated heterocycles. The Morgan fingerprint density at radius 2 is 1.79 bits per heavy atom. The van der Waals surface area contributed by atoms with E-state index in [4.69, 9.17) is 0 Å². The molecular formula is C23H26N2O3S. The van der Waals surface area contributed by atoms with Crippen molar-refractivity contribution in [2.45, 2.75) is 50.0 Å². The summed E-state index contributed by atoms with van der Waals surface area (Å²) in [5.74, 6) is 0.327. The fraction of sp³-hybridized carbons (Fsp3) is 0.435. The Labute approximate surface area is 172 Å². The van der Waals surface area contributed by atoms with E-state index in [9.17, 15) is 13.2 Å². The Morgan fingerprint density at radius 3 is 2.52 bits per heavy atom. The molecule has 1 fully saturated rings. The minimum Gasteiger partial charge on any atom is -0.311 e. The number of rotatable bonds is 3. The minimum atomic E-state index is -3.59. The number of hydrogen-bond acceptors (Lipinski definition) is 3. The van der Waals surface area contributed by atoms with Crippen molar-refractivity contribution in [2.24, 2.45) is 5.92 Å². The molecule has 5 rings (SSSR count). The van der Waals surface area contributed by atoms with Crippen LogP contribution in [0.4, 0.5) is 5.69 Å². The van der Waals surface area contributed by atoms with Crippen molar-refractivity contribution in [3.8, 4) is 0 Å². The normalized spacial score (nSPS) is 21.0. The lowest BCUT2D eigenvalue weighted by Crippen LogP contribution is -2.36. The highest BCUT2D eigenvalue weighted by Gasteiger charge is 2.43. The summed E-state index contributed by atoms with van der Waals surface area (Å²) in [6, 6.07) is 13.3. The van der Waals surface area contributed by atoms with Gasteiger partial charge in [-0.2, -0.15) is 4.31 Å². The SMILES string of the molecule is CC1(C)CN(C(=O)C2CC2)c2ccc(S(=O)(=O)N3CCc4ccccc4C3)cc21. The molecule has 0 N–H and O–H groups in total. The average molecular weight is 411 g/mol. The van der Waals surface area contributed by atoms with Gasteiger partial charge in [0, 0.05) is 36.7 Å². The predicted octanol–water partition coefficient (Wildman–Crippen LogP) is 3.47. The summed E-state index contributed by atoms with van der Waals surface area (Å²) in [6.07, 6.45) is 2.66. The van der Waals surface area contributed by atoms with E-state index in [-0.39, 0.29) is 17.2 Å². The smallest absolute Gasteiger partial charge is 0.243 e. The lowest BCUT2D eigenvalue weighted by molar-refractivity contribution is -0.119. The van der Waals surface area contributed by atoms with Gasteiger partial charge in [-0.3, -0.25) is 4.79 Å². The van der Waals surface area contributed by atoms with Crippen LogP contribution in [-0.4, -0.2) is 31.7 Å². The number of hydrogen-bond donors (Lipinski definition) is 0. The molecule has 2 aromatic rings. The van der Waals surface area contributed by atoms with Crippen LogP contribution in [0.1, 0.15) is 43.4 Å². The van der Waals surface area contributed by atoms with E-state index in [1.807, 2.05) is 29.2 Å². The molecule has 0 atom stereocenters. The molecule has 152 valence electrons. The average Bonchev–Trinajstić information content (AvgIpc) is 3.52. The Balaban J connectivity index is 1.49. The van der Waals surface area contributed by atoms with Gasteiger partial charge < -0.3 is 4.90 Å². The summed E-state index contributed by atoms with van der Waals surface area (Å²) >= 11 is 0. The van der Waals surface area contributed by atoms with Crippen LogP contribution in [-0.2, 0) is 33.2 Å². The van der Waals surface area contributed by atoms with Crippen molar-refractivity contribution in [1.82, 2.24) is 4.31 Å². The van der Waals surface area contributed by atoms with Gasteiger partial charge in [-0.25, -0.2) is 8.42 Å². The lowest BCUT2D eigenvalue weighted by atomic mass is 9.87. The Morgan fingerprint density at radius 1 is 1.07 bits per heavy atom. The second-order valence-electron chi connectivity index (χ2n) is 9.12. The van der Waals surface area contributed by atoms with Gasteiger partial charge in [0.1, 0.15) is 0 Å². The molecule has 2 heterocycles. The van der Waals surface area contributed by atoms with E-state index in [1.165, 1.54) is 5.56 Å². The number of sulfonamides is 1. The van der Waals surface area contributed by atoms with Gasteiger partial charge >= 0.3 is 0 Å². The molecule has 1 saturated carbocycles. The first-order valence-electron chi connectivity index (χ1n) is 10.3. The van der Waals surface area contributed by atoms with Crippen molar-refractivity contribution in [3.63, 3.8) is 0 Å². The monoisotopic (exact) mass is 410 g/mol. The van der Waals surface area contributed by atoms with Crippen LogP contribution in [0.15, 0.2) is 47.4 Å². The maximum atomic E-state index is 13.4. The van der Waals surface area contributed by atoms with E-state index in [2.05, 4.69) is 19.9 Å². The fourth-order valence-electron chi connectivity index (χ4n) is 4.59. The number of carbonyl (C=O) groups is 1. The molecule has 3 aliphatic rings. The van der Waals surface area contributed by atoms with E-state index in [1.54, 1.807) is 16.4 Å². The molecule has 0 spiro atoms. The van der Waals surface area contributed by atoms with Crippen molar-refractivity contribution in [1.29, 1.82) is 0 Å². The van der Waals surface area contributed by atoms with Crippen molar-refractivity contribution in [3.05, 3.63) is 59.2 Å². The van der Waals surface area contributed by atoms with Gasteiger partial charge in [-0.1, -0.05) is 38.1 Å². The third-order valence-corrected chi connectivity index (χ3v) is 8.31. The maximum Gasteiger partial charge on any atom is 0.243 e. The van der Waals surface area contributed by atoms with E-state index >= 15 is 0 Å². The van der Waals surface area contributed by atoms with Crippen molar-refractivity contribution >= 4 is 21.6 Å². The van der Waals surface area contributed by atoms with Crippen LogP contribution in [0.3, 0.4) is 0 Å². The third kappa shape index (κ3) is 3.09. The summed E-state index contributed by atoms with van der Waals surface area (Å²) in [6.45, 7) is 5.68. The zero-order valence-corrected chi connectivity index (χ0v) is 17.7. The summed E-state index contributed by atoms with van der Waals surface area (Å²) in [7, 11) is -3.59. The van der Waals surface area contributed by atoms with Crippen LogP contribution >= 0.6 is 0 Å². The number of fused-ring (bicyclic) bond motifs is 2. The van der Waals surface area contributed by atoms with E-state index in [0.29, 0.717) is 24.5 Å². The van der Waals surface area contributed by atoms with E-state index < -0.39 is 10.0 Å². The molecule has 0 unspecified atom stereocenters. The number of nitrogens with zero attached hydrogens (tertiary/aromatic N) is 2. The Hall–Kier alpha value is -2.18. The number of anilines is 1. The van der Waals surface area contributed by atoms with Gasteiger partial charge in [-0.05, 0) is 54.2 Å². The fourth-order valence-corrected chi connectivity index (χ4v) is 6.04. The quantitative estimate of drug-likeness (QED) is 0.779. The van der Waals surface area contributed by atoms with Crippen LogP contribution in [0, 0.1) is 5.92 Å². The Bertz CT molecular complexity index is 1100. The summed E-state index contributed by atoms with van der Waals surface area (Å²) in [5.41, 5.74) is 3.85. The van der Waals surface area contributed by atoms with Crippen LogP contribution in [0.25, 0.3) is 0 Å². The van der Waals surface area contributed by atoms with Crippen molar-refractivity contribution in [2.75, 3.05) is 18.0 Å². The molecule has 2 aromatic carbocycles. The van der Waals surface area contributed by atoms with Gasteiger partial charge in [-0.15, -0.1) is 0 Å². The van der Waals surface area contributed by atoms with Crippen LogP contribution in [0.2, 0.25) is 0 Å². The van der Waals surface area contributed by atoms with Gasteiger partial charge in [0.05, 0.1) is 4.90 Å². The largest absolute Gasteiger partial charge is 0.311 e. The van der Waals surface area contributed by atoms with Crippen LogP contribution < -0.4 is 4.90 Å². The molecule has 1 aliphatic carbocycles. The summed E-state index contributed by atoms with van der Waals surface area (Å²) < 4.78 is 28.3. The zero-order chi connectivity index (χ0) is 20.4. The number of amides is 1. The molecule has 5 nitrogen and oxygen atoms in total. The highest BCUT2D eigenvalue weighted by atomic mass is 32.2. The molecular weight excluding hydrogens is 384 g/mol. The molecule has 2 aliphatic heterocycles. The maximum absolute atomic E-state index is 13.4. The van der Waals surface area contributed by atoms with E-state index in [0.717, 1.165) is 36.1 Å². The van der Waals surface area contributed by atoms with Gasteiger partial charge in [0.25, 0.3) is 0 Å². The minimum absolute atomic E-state index is 0.147. The molecule has 0 radical (unpaired) electrons. The number of carbonyl (C=O) groups excluding carboxylic acids is 1. The zero-order valence-electron chi connectivity index (χ0n) is 16.9. The second kappa shape index (κ2) is 6.41. The molecule has 29 heavy (non-hydrogen) atoms. The second-order valence-corrected chi connectivity index (χ2v) is 11.1. The lowest BCUT2D eigenvalue weighted by Gasteiger charge is -2.28.